The lowest BCUT2D eigenvalue weighted by atomic mass is 9.96. The number of carbonyl (C=O) groups excluding carboxylic acids is 3. The molecule has 3 aliphatic rings. The summed E-state index contributed by atoms with van der Waals surface area (Å²) in [6.07, 6.45) is 7.32. The molecule has 0 radical (unpaired) electrons. The molecule has 3 aromatic rings. The fourth-order valence-corrected chi connectivity index (χ4v) is 7.15. The van der Waals surface area contributed by atoms with Crippen molar-refractivity contribution in [1.29, 1.82) is 0 Å². The van der Waals surface area contributed by atoms with Crippen molar-refractivity contribution in [3.63, 3.8) is 0 Å². The van der Waals surface area contributed by atoms with Crippen LogP contribution in [0.3, 0.4) is 0 Å². The highest BCUT2D eigenvalue weighted by molar-refractivity contribution is 5.91. The Morgan fingerprint density at radius 1 is 0.917 bits per heavy atom. The van der Waals surface area contributed by atoms with Gasteiger partial charge in [-0.3, -0.25) is 9.78 Å². The number of hydrogen-bond donors (Lipinski definition) is 2. The molecule has 4 heterocycles. The molecular weight excluding hydrogens is 606 g/mol. The van der Waals surface area contributed by atoms with Crippen LogP contribution in [0.1, 0.15) is 48.9 Å². The number of aromatic nitrogens is 1. The van der Waals surface area contributed by atoms with Crippen molar-refractivity contribution < 1.29 is 19.2 Å². The Labute approximate surface area is 283 Å². The van der Waals surface area contributed by atoms with Gasteiger partial charge in [-0.2, -0.15) is 0 Å². The van der Waals surface area contributed by atoms with Crippen LogP contribution in [0.25, 0.3) is 0 Å². The van der Waals surface area contributed by atoms with Crippen molar-refractivity contribution in [1.82, 2.24) is 25.2 Å². The zero-order valence-electron chi connectivity index (χ0n) is 28.1. The number of piperazine rings is 1. The average Bonchev–Trinajstić information content (AvgIpc) is 3.29. The highest BCUT2D eigenvalue weighted by Gasteiger charge is 2.33. The van der Waals surface area contributed by atoms with E-state index in [1.807, 2.05) is 40.1 Å². The minimum Gasteiger partial charge on any atom is -0.368 e. The Balaban J connectivity index is 1.07. The molecule has 3 aliphatic heterocycles. The lowest BCUT2D eigenvalue weighted by Gasteiger charge is -2.38. The van der Waals surface area contributed by atoms with Gasteiger partial charge in [-0.05, 0) is 72.6 Å². The minimum atomic E-state index is -0.762. The molecule has 0 unspecified atom stereocenters. The van der Waals surface area contributed by atoms with E-state index < -0.39 is 12.1 Å². The first kappa shape index (κ1) is 33.3. The first-order valence-corrected chi connectivity index (χ1v) is 17.3. The van der Waals surface area contributed by atoms with Crippen LogP contribution in [-0.4, -0.2) is 95.8 Å². The number of hydrogen-bond acceptors (Lipinski definition) is 7. The molecule has 6 rings (SSSR count). The van der Waals surface area contributed by atoms with Crippen LogP contribution in [0.5, 0.6) is 0 Å². The number of para-hydroxylation sites is 1. The van der Waals surface area contributed by atoms with Crippen molar-refractivity contribution in [2.45, 2.75) is 64.5 Å². The number of aryl methyl sites for hydroxylation is 2. The third kappa shape index (κ3) is 7.90. The van der Waals surface area contributed by atoms with Gasteiger partial charge in [0.15, 0.2) is 0 Å². The first-order chi connectivity index (χ1) is 23.4. The Morgan fingerprint density at radius 3 is 2.38 bits per heavy atom. The Hall–Kier alpha value is -4.64. The molecule has 2 fully saturated rings. The molecule has 0 aliphatic carbocycles. The Bertz CT molecular complexity index is 1570. The zero-order valence-corrected chi connectivity index (χ0v) is 28.1. The average molecular weight is 654 g/mol. The summed E-state index contributed by atoms with van der Waals surface area (Å²) in [6, 6.07) is 17.5. The van der Waals surface area contributed by atoms with Crippen LogP contribution >= 0.6 is 0 Å². The summed E-state index contributed by atoms with van der Waals surface area (Å²) in [5.74, 6) is -0.106. The number of nitrogens with zero attached hydrogens (tertiary/aromatic N) is 5. The van der Waals surface area contributed by atoms with Gasteiger partial charge >= 0.3 is 12.1 Å². The standard InChI is InChI=1S/C37H47N7O4/c1-3-28-10-9-27(25-29(28)4-2)26-34(35(45)42-23-21-41(22-24-42)31-11-16-38-17-12-31)40-37(47)48-43-18-14-32(15-19-43)44-20-13-30-7-5-6-8-33(30)39-36(44)46/h5-12,16-17,25,32,34H,3-4,13-15,18-24,26H2,1-2H3,(H,39,46)(H,40,47)/t34-/m1/s1. The van der Waals surface area contributed by atoms with E-state index in [1.54, 1.807) is 17.5 Å². The summed E-state index contributed by atoms with van der Waals surface area (Å²) < 4.78 is 0. The molecule has 11 heteroatoms. The number of anilines is 2. The van der Waals surface area contributed by atoms with E-state index in [4.69, 9.17) is 4.84 Å². The first-order valence-electron chi connectivity index (χ1n) is 17.3. The van der Waals surface area contributed by atoms with E-state index in [1.165, 1.54) is 11.1 Å². The number of benzene rings is 2. The molecule has 2 aromatic carbocycles. The molecule has 0 bridgehead atoms. The fourth-order valence-electron chi connectivity index (χ4n) is 7.15. The fraction of sp³-hybridized carbons (Fsp3) is 0.459. The lowest BCUT2D eigenvalue weighted by Crippen LogP contribution is -2.56. The van der Waals surface area contributed by atoms with E-state index in [9.17, 15) is 14.4 Å². The molecule has 1 atom stereocenters. The van der Waals surface area contributed by atoms with Crippen molar-refractivity contribution in [3.8, 4) is 0 Å². The van der Waals surface area contributed by atoms with E-state index in [-0.39, 0.29) is 18.0 Å². The van der Waals surface area contributed by atoms with Gasteiger partial charge in [0.25, 0.3) is 0 Å². The largest absolute Gasteiger partial charge is 0.426 e. The number of nitrogens with one attached hydrogen (secondary N) is 2. The highest BCUT2D eigenvalue weighted by atomic mass is 16.7. The molecule has 254 valence electrons. The predicted molar refractivity (Wildman–Crippen MR) is 186 cm³/mol. The summed E-state index contributed by atoms with van der Waals surface area (Å²) in [4.78, 5) is 56.2. The van der Waals surface area contributed by atoms with Crippen LogP contribution in [-0.2, 0) is 35.3 Å². The summed E-state index contributed by atoms with van der Waals surface area (Å²) >= 11 is 0. The maximum absolute atomic E-state index is 14.0. The second kappa shape index (κ2) is 15.5. The normalized spacial score (nSPS) is 18.0. The molecular formula is C37H47N7O4. The predicted octanol–water partition coefficient (Wildman–Crippen LogP) is 4.66. The summed E-state index contributed by atoms with van der Waals surface area (Å²) in [7, 11) is 0. The van der Waals surface area contributed by atoms with Gasteiger partial charge in [0.05, 0.1) is 0 Å². The number of fused-ring (bicyclic) bond motifs is 1. The number of carbonyl (C=O) groups is 3. The van der Waals surface area contributed by atoms with Crippen LogP contribution in [0.15, 0.2) is 67.0 Å². The second-order valence-electron chi connectivity index (χ2n) is 12.8. The Morgan fingerprint density at radius 2 is 1.65 bits per heavy atom. The third-order valence-corrected chi connectivity index (χ3v) is 9.90. The van der Waals surface area contributed by atoms with Gasteiger partial charge in [-0.25, -0.2) is 9.59 Å². The minimum absolute atomic E-state index is 0.0567. The van der Waals surface area contributed by atoms with Gasteiger partial charge < -0.3 is 30.2 Å². The van der Waals surface area contributed by atoms with Crippen LogP contribution in [0.2, 0.25) is 0 Å². The number of rotatable bonds is 9. The molecule has 0 spiro atoms. The van der Waals surface area contributed by atoms with E-state index in [2.05, 4.69) is 58.6 Å². The van der Waals surface area contributed by atoms with Crippen LogP contribution in [0, 0.1) is 0 Å². The molecule has 0 saturated carbocycles. The number of urea groups is 1. The van der Waals surface area contributed by atoms with Crippen molar-refractivity contribution >= 4 is 29.4 Å². The van der Waals surface area contributed by atoms with Crippen molar-refractivity contribution in [3.05, 3.63) is 89.2 Å². The van der Waals surface area contributed by atoms with Gasteiger partial charge in [0, 0.05) is 82.0 Å². The number of pyridine rings is 1. The van der Waals surface area contributed by atoms with E-state index in [0.29, 0.717) is 65.1 Å². The maximum atomic E-state index is 14.0. The quantitative estimate of drug-likeness (QED) is 0.346. The van der Waals surface area contributed by atoms with E-state index >= 15 is 0 Å². The SMILES string of the molecule is CCc1ccc(C[C@@H](NC(=O)ON2CCC(N3CCc4ccccc4NC3=O)CC2)C(=O)N2CCN(c3ccncc3)CC2)cc1CC. The number of piperidine rings is 1. The topological polar surface area (TPSA) is 110 Å². The summed E-state index contributed by atoms with van der Waals surface area (Å²) in [5, 5.41) is 7.63. The molecule has 1 aromatic heterocycles. The molecule has 2 N–H and O–H groups in total. The summed E-state index contributed by atoms with van der Waals surface area (Å²) in [5.41, 5.74) is 6.67. The lowest BCUT2D eigenvalue weighted by molar-refractivity contribution is -0.136. The van der Waals surface area contributed by atoms with Crippen LogP contribution < -0.4 is 15.5 Å². The van der Waals surface area contributed by atoms with Crippen LogP contribution in [0.4, 0.5) is 21.0 Å². The third-order valence-electron chi connectivity index (χ3n) is 9.90. The highest BCUT2D eigenvalue weighted by Crippen LogP contribution is 2.25. The molecule has 2 saturated heterocycles. The monoisotopic (exact) mass is 653 g/mol. The van der Waals surface area contributed by atoms with E-state index in [0.717, 1.165) is 41.8 Å². The zero-order chi connectivity index (χ0) is 33.5. The number of hydroxylamine groups is 2. The summed E-state index contributed by atoms with van der Waals surface area (Å²) in [6.45, 7) is 8.47. The smallest absolute Gasteiger partial charge is 0.368 e. The molecule has 4 amide bonds. The number of amides is 4. The van der Waals surface area contributed by atoms with Crippen molar-refractivity contribution in [2.24, 2.45) is 0 Å². The maximum Gasteiger partial charge on any atom is 0.426 e. The van der Waals surface area contributed by atoms with Gasteiger partial charge in [-0.15, -0.1) is 5.06 Å². The Kier molecular flexibility index (Phi) is 10.7. The van der Waals surface area contributed by atoms with Gasteiger partial charge in [0.2, 0.25) is 5.91 Å². The van der Waals surface area contributed by atoms with Crippen molar-refractivity contribution in [2.75, 3.05) is 56.0 Å². The second-order valence-corrected chi connectivity index (χ2v) is 12.8. The molecule has 11 nitrogen and oxygen atoms in total. The van der Waals surface area contributed by atoms with Gasteiger partial charge in [-0.1, -0.05) is 50.2 Å². The molecule has 48 heavy (non-hydrogen) atoms. The van der Waals surface area contributed by atoms with Gasteiger partial charge in [0.1, 0.15) is 6.04 Å².